The molecular weight excluding hydrogens is 283 g/mol. The lowest BCUT2D eigenvalue weighted by atomic mass is 9.96. The van der Waals surface area contributed by atoms with Crippen LogP contribution in [0.2, 0.25) is 0 Å². The number of hydrogen-bond acceptors (Lipinski definition) is 4. The summed E-state index contributed by atoms with van der Waals surface area (Å²) in [7, 11) is 0. The van der Waals surface area contributed by atoms with Crippen molar-refractivity contribution >= 4 is 0 Å². The van der Waals surface area contributed by atoms with Gasteiger partial charge in [0.15, 0.2) is 0 Å². The van der Waals surface area contributed by atoms with Gasteiger partial charge in [-0.2, -0.15) is 13.2 Å². The first-order valence-electron chi connectivity index (χ1n) is 7.65. The molecule has 0 amide bonds. The molecular formula is C14H28F3N3O. The van der Waals surface area contributed by atoms with Gasteiger partial charge in [-0.25, -0.2) is 0 Å². The molecule has 126 valence electrons. The van der Waals surface area contributed by atoms with Gasteiger partial charge < -0.3 is 15.3 Å². The SMILES string of the molecule is CCNC(C)(CO)CCCN1CCN(CC(F)(F)F)CC1. The second-order valence-electron chi connectivity index (χ2n) is 6.09. The highest BCUT2D eigenvalue weighted by molar-refractivity contribution is 4.82. The molecule has 0 spiro atoms. The van der Waals surface area contributed by atoms with Crippen LogP contribution in [-0.4, -0.2) is 79.0 Å². The van der Waals surface area contributed by atoms with Crippen molar-refractivity contribution in [2.75, 3.05) is 52.4 Å². The number of likely N-dealkylation sites (N-methyl/N-ethyl adjacent to an activating group) is 1. The normalized spacial score (nSPS) is 21.4. The Labute approximate surface area is 125 Å². The number of nitrogens with zero attached hydrogens (tertiary/aromatic N) is 2. The molecule has 0 aromatic heterocycles. The van der Waals surface area contributed by atoms with Crippen molar-refractivity contribution in [2.24, 2.45) is 0 Å². The number of alkyl halides is 3. The summed E-state index contributed by atoms with van der Waals surface area (Å²) in [5, 5.41) is 12.7. The van der Waals surface area contributed by atoms with Crippen molar-refractivity contribution in [2.45, 2.75) is 38.4 Å². The van der Waals surface area contributed by atoms with Gasteiger partial charge in [-0.3, -0.25) is 4.90 Å². The Morgan fingerprint density at radius 1 is 1.10 bits per heavy atom. The molecule has 1 atom stereocenters. The van der Waals surface area contributed by atoms with Crippen LogP contribution in [0.1, 0.15) is 26.7 Å². The van der Waals surface area contributed by atoms with Crippen LogP contribution >= 0.6 is 0 Å². The molecule has 1 aliphatic rings. The van der Waals surface area contributed by atoms with Crippen molar-refractivity contribution < 1.29 is 18.3 Å². The van der Waals surface area contributed by atoms with Crippen LogP contribution in [0.15, 0.2) is 0 Å². The van der Waals surface area contributed by atoms with Crippen LogP contribution in [0.3, 0.4) is 0 Å². The third kappa shape index (κ3) is 7.44. The van der Waals surface area contributed by atoms with E-state index in [9.17, 15) is 18.3 Å². The van der Waals surface area contributed by atoms with E-state index in [1.165, 1.54) is 4.90 Å². The molecule has 0 aliphatic carbocycles. The van der Waals surface area contributed by atoms with E-state index in [0.29, 0.717) is 26.2 Å². The second-order valence-corrected chi connectivity index (χ2v) is 6.09. The molecule has 0 aromatic carbocycles. The van der Waals surface area contributed by atoms with Gasteiger partial charge in [-0.1, -0.05) is 6.92 Å². The maximum absolute atomic E-state index is 12.3. The second kappa shape index (κ2) is 8.31. The Hall–Kier alpha value is -0.370. The summed E-state index contributed by atoms with van der Waals surface area (Å²) >= 11 is 0. The van der Waals surface area contributed by atoms with Crippen LogP contribution in [0.25, 0.3) is 0 Å². The Balaban J connectivity index is 2.21. The van der Waals surface area contributed by atoms with Gasteiger partial charge in [-0.15, -0.1) is 0 Å². The molecule has 0 saturated carbocycles. The lowest BCUT2D eigenvalue weighted by Crippen LogP contribution is -2.50. The fourth-order valence-corrected chi connectivity index (χ4v) is 2.77. The molecule has 1 rings (SSSR count). The monoisotopic (exact) mass is 311 g/mol. The van der Waals surface area contributed by atoms with Gasteiger partial charge in [0.1, 0.15) is 0 Å². The van der Waals surface area contributed by atoms with E-state index in [4.69, 9.17) is 0 Å². The molecule has 1 saturated heterocycles. The highest BCUT2D eigenvalue weighted by Gasteiger charge is 2.32. The van der Waals surface area contributed by atoms with Crippen LogP contribution in [0.5, 0.6) is 0 Å². The Morgan fingerprint density at radius 3 is 2.14 bits per heavy atom. The topological polar surface area (TPSA) is 38.7 Å². The number of piperazine rings is 1. The quantitative estimate of drug-likeness (QED) is 0.709. The van der Waals surface area contributed by atoms with E-state index in [1.807, 2.05) is 13.8 Å². The smallest absolute Gasteiger partial charge is 0.394 e. The van der Waals surface area contributed by atoms with Crippen LogP contribution in [0, 0.1) is 0 Å². The maximum Gasteiger partial charge on any atom is 0.401 e. The largest absolute Gasteiger partial charge is 0.401 e. The number of rotatable bonds is 8. The standard InChI is InChI=1S/C14H28F3N3O/c1-3-18-13(2,12-21)5-4-6-19-7-9-20(10-8-19)11-14(15,16)17/h18,21H,3-12H2,1-2H3. The fraction of sp³-hybridized carbons (Fsp3) is 1.00. The third-order valence-electron chi connectivity index (χ3n) is 4.02. The lowest BCUT2D eigenvalue weighted by molar-refractivity contribution is -0.149. The van der Waals surface area contributed by atoms with Crippen molar-refractivity contribution in [1.29, 1.82) is 0 Å². The molecule has 1 aliphatic heterocycles. The van der Waals surface area contributed by atoms with Crippen LogP contribution in [-0.2, 0) is 0 Å². The van der Waals surface area contributed by atoms with Gasteiger partial charge >= 0.3 is 6.18 Å². The van der Waals surface area contributed by atoms with Gasteiger partial charge in [0.05, 0.1) is 13.2 Å². The van der Waals surface area contributed by atoms with Crippen LogP contribution in [0.4, 0.5) is 13.2 Å². The van der Waals surface area contributed by atoms with Crippen molar-refractivity contribution in [3.05, 3.63) is 0 Å². The first kappa shape index (κ1) is 18.7. The zero-order valence-corrected chi connectivity index (χ0v) is 13.0. The van der Waals surface area contributed by atoms with E-state index in [2.05, 4.69) is 10.2 Å². The number of nitrogens with one attached hydrogen (secondary N) is 1. The minimum atomic E-state index is -4.10. The predicted octanol–water partition coefficient (Wildman–Crippen LogP) is 1.31. The minimum Gasteiger partial charge on any atom is -0.394 e. The molecule has 1 unspecified atom stereocenters. The molecule has 1 heterocycles. The van der Waals surface area contributed by atoms with E-state index < -0.39 is 12.7 Å². The fourth-order valence-electron chi connectivity index (χ4n) is 2.77. The van der Waals surface area contributed by atoms with Gasteiger partial charge in [-0.05, 0) is 32.9 Å². The summed E-state index contributed by atoms with van der Waals surface area (Å²) in [6.45, 7) is 7.32. The van der Waals surface area contributed by atoms with E-state index in [0.717, 1.165) is 25.9 Å². The predicted molar refractivity (Wildman–Crippen MR) is 77.3 cm³/mol. The summed E-state index contributed by atoms with van der Waals surface area (Å²) in [6.07, 6.45) is -2.31. The van der Waals surface area contributed by atoms with E-state index in [-0.39, 0.29) is 12.1 Å². The lowest BCUT2D eigenvalue weighted by Gasteiger charge is -2.36. The Morgan fingerprint density at radius 2 is 1.67 bits per heavy atom. The average Bonchev–Trinajstić information content (AvgIpc) is 2.39. The molecule has 2 N–H and O–H groups in total. The molecule has 7 heteroatoms. The third-order valence-corrected chi connectivity index (χ3v) is 4.02. The van der Waals surface area contributed by atoms with Gasteiger partial charge in [0.2, 0.25) is 0 Å². The molecule has 1 fully saturated rings. The van der Waals surface area contributed by atoms with Crippen LogP contribution < -0.4 is 5.32 Å². The molecule has 0 radical (unpaired) electrons. The molecule has 0 aromatic rings. The van der Waals surface area contributed by atoms with Crippen molar-refractivity contribution in [3.8, 4) is 0 Å². The highest BCUT2D eigenvalue weighted by Crippen LogP contribution is 2.18. The zero-order valence-electron chi connectivity index (χ0n) is 13.0. The van der Waals surface area contributed by atoms with Crippen molar-refractivity contribution in [1.82, 2.24) is 15.1 Å². The van der Waals surface area contributed by atoms with Crippen molar-refractivity contribution in [3.63, 3.8) is 0 Å². The number of aliphatic hydroxyl groups excluding tert-OH is 1. The summed E-state index contributed by atoms with van der Waals surface area (Å²) in [5.74, 6) is 0. The summed E-state index contributed by atoms with van der Waals surface area (Å²) in [6, 6.07) is 0. The van der Waals surface area contributed by atoms with Gasteiger partial charge in [0.25, 0.3) is 0 Å². The van der Waals surface area contributed by atoms with E-state index in [1.54, 1.807) is 0 Å². The summed E-state index contributed by atoms with van der Waals surface area (Å²) in [5.41, 5.74) is -0.257. The van der Waals surface area contributed by atoms with Gasteiger partial charge in [0, 0.05) is 31.7 Å². The summed E-state index contributed by atoms with van der Waals surface area (Å²) in [4.78, 5) is 3.67. The Bertz CT molecular complexity index is 294. The molecule has 21 heavy (non-hydrogen) atoms. The summed E-state index contributed by atoms with van der Waals surface area (Å²) < 4.78 is 36.9. The zero-order chi connectivity index (χ0) is 15.9. The molecule has 0 bridgehead atoms. The minimum absolute atomic E-state index is 0.0974. The average molecular weight is 311 g/mol. The first-order chi connectivity index (χ1) is 9.78. The number of halogens is 3. The first-order valence-corrected chi connectivity index (χ1v) is 7.65. The Kier molecular flexibility index (Phi) is 7.39. The molecule has 4 nitrogen and oxygen atoms in total. The van der Waals surface area contributed by atoms with E-state index >= 15 is 0 Å². The maximum atomic E-state index is 12.3. The number of aliphatic hydroxyl groups is 1. The number of hydrogen-bond donors (Lipinski definition) is 2. The highest BCUT2D eigenvalue weighted by atomic mass is 19.4.